The third-order valence-corrected chi connectivity index (χ3v) is 8.61. The third-order valence-electron chi connectivity index (χ3n) is 7.59. The van der Waals surface area contributed by atoms with Crippen molar-refractivity contribution in [1.82, 2.24) is 4.98 Å². The molecule has 0 bridgehead atoms. The number of ketones is 1. The van der Waals surface area contributed by atoms with E-state index in [9.17, 15) is 14.7 Å². The van der Waals surface area contributed by atoms with Gasteiger partial charge in [-0.25, -0.2) is 4.98 Å². The van der Waals surface area contributed by atoms with Crippen molar-refractivity contribution >= 4 is 44.1 Å². The molecule has 1 N–H and O–H groups in total. The molecule has 9 nitrogen and oxygen atoms in total. The van der Waals surface area contributed by atoms with Crippen molar-refractivity contribution in [3.63, 3.8) is 0 Å². The number of ether oxygens (including phenoxy) is 4. The van der Waals surface area contributed by atoms with Gasteiger partial charge >= 0.3 is 5.91 Å². The zero-order valence-corrected chi connectivity index (χ0v) is 25.7. The van der Waals surface area contributed by atoms with Crippen molar-refractivity contribution in [2.24, 2.45) is 0 Å². The van der Waals surface area contributed by atoms with Crippen LogP contribution in [0.3, 0.4) is 0 Å². The molecule has 1 aromatic heterocycles. The summed E-state index contributed by atoms with van der Waals surface area (Å²) in [5.41, 5.74) is 2.62. The minimum atomic E-state index is -0.974. The summed E-state index contributed by atoms with van der Waals surface area (Å²) >= 11 is 1.32. The van der Waals surface area contributed by atoms with Crippen LogP contribution in [0.4, 0.5) is 5.13 Å². The summed E-state index contributed by atoms with van der Waals surface area (Å²) in [5, 5.41) is 12.0. The minimum Gasteiger partial charge on any atom is -0.507 e. The number of anilines is 1. The summed E-state index contributed by atoms with van der Waals surface area (Å²) in [5.74, 6) is 0.166. The van der Waals surface area contributed by atoms with Gasteiger partial charge in [-0.2, -0.15) is 0 Å². The van der Waals surface area contributed by atoms with E-state index in [0.29, 0.717) is 71.2 Å². The number of Topliss-reactive ketones (excluding diaryl/α,β-unsaturated/α-hetero) is 1. The summed E-state index contributed by atoms with van der Waals surface area (Å²) in [6.07, 6.45) is 3.04. The highest BCUT2D eigenvalue weighted by Gasteiger charge is 2.48. The lowest BCUT2D eigenvalue weighted by atomic mass is 9.95. The number of unbranched alkanes of at least 4 members (excludes halogenated alkanes) is 2. The Hall–Kier alpha value is -4.57. The van der Waals surface area contributed by atoms with Crippen LogP contribution in [0.15, 0.2) is 60.2 Å². The number of hydrogen-bond acceptors (Lipinski definition) is 9. The van der Waals surface area contributed by atoms with Gasteiger partial charge in [0.1, 0.15) is 19.0 Å². The zero-order valence-electron chi connectivity index (χ0n) is 24.9. The Kier molecular flexibility index (Phi) is 8.43. The van der Waals surface area contributed by atoms with E-state index in [1.54, 1.807) is 36.4 Å². The number of hydrogen-bond donors (Lipinski definition) is 1. The number of fused-ring (bicyclic) bond motifs is 2. The number of thiazole rings is 1. The Balaban J connectivity index is 1.49. The molecule has 3 heterocycles. The van der Waals surface area contributed by atoms with Gasteiger partial charge in [-0.15, -0.1) is 0 Å². The smallest absolute Gasteiger partial charge is 0.301 e. The molecule has 1 amide bonds. The SMILES string of the molecule is CCCCCOc1ccc(C2/C(=C(\O)c3ccc4c(c3)OCCO4)C(=O)C(=O)N2c2nc3ccc(C)cc3s2)cc1OCC. The van der Waals surface area contributed by atoms with Crippen LogP contribution in [0.2, 0.25) is 0 Å². The number of amides is 1. The lowest BCUT2D eigenvalue weighted by Crippen LogP contribution is -2.29. The zero-order chi connectivity index (χ0) is 30.8. The van der Waals surface area contributed by atoms with Crippen molar-refractivity contribution < 1.29 is 33.6 Å². The first-order chi connectivity index (χ1) is 21.4. The van der Waals surface area contributed by atoms with Crippen LogP contribution in [0, 0.1) is 6.92 Å². The van der Waals surface area contributed by atoms with Gasteiger partial charge in [-0.3, -0.25) is 14.5 Å². The van der Waals surface area contributed by atoms with Gasteiger partial charge in [0.2, 0.25) is 0 Å². The van der Waals surface area contributed by atoms with Crippen molar-refractivity contribution in [3.05, 3.63) is 76.9 Å². The second-order valence-electron chi connectivity index (χ2n) is 10.7. The fraction of sp³-hybridized carbons (Fsp3) is 0.324. The first kappa shape index (κ1) is 29.5. The Labute approximate surface area is 259 Å². The Morgan fingerprint density at radius 3 is 2.59 bits per heavy atom. The average molecular weight is 615 g/mol. The summed E-state index contributed by atoms with van der Waals surface area (Å²) in [6.45, 7) is 7.72. The van der Waals surface area contributed by atoms with Gasteiger partial charge in [-0.05, 0) is 73.9 Å². The first-order valence-corrected chi connectivity index (χ1v) is 15.7. The van der Waals surface area contributed by atoms with Crippen LogP contribution in [0.5, 0.6) is 23.0 Å². The predicted octanol–water partition coefficient (Wildman–Crippen LogP) is 6.97. The van der Waals surface area contributed by atoms with Crippen LogP contribution < -0.4 is 23.8 Å². The van der Waals surface area contributed by atoms with Gasteiger partial charge in [0.15, 0.2) is 28.1 Å². The van der Waals surface area contributed by atoms with E-state index in [1.807, 2.05) is 32.0 Å². The minimum absolute atomic E-state index is 0.0545. The van der Waals surface area contributed by atoms with Crippen LogP contribution in [0.25, 0.3) is 16.0 Å². The average Bonchev–Trinajstić information content (AvgIpc) is 3.56. The lowest BCUT2D eigenvalue weighted by molar-refractivity contribution is -0.132. The quantitative estimate of drug-likeness (QED) is 0.0883. The molecule has 1 saturated heterocycles. The van der Waals surface area contributed by atoms with E-state index in [1.165, 1.54) is 16.2 Å². The van der Waals surface area contributed by atoms with Crippen LogP contribution in [-0.4, -0.2) is 48.2 Å². The molecule has 1 unspecified atom stereocenters. The van der Waals surface area contributed by atoms with Gasteiger partial charge in [0.05, 0.1) is 35.0 Å². The molecule has 0 spiro atoms. The Bertz CT molecular complexity index is 1760. The van der Waals surface area contributed by atoms with E-state index in [4.69, 9.17) is 23.9 Å². The number of rotatable bonds is 10. The number of benzene rings is 3. The van der Waals surface area contributed by atoms with Crippen LogP contribution in [0.1, 0.15) is 55.8 Å². The molecular weight excluding hydrogens is 580 g/mol. The molecular formula is C34H34N2O7S. The van der Waals surface area contributed by atoms with Crippen molar-refractivity contribution in [2.75, 3.05) is 31.3 Å². The fourth-order valence-electron chi connectivity index (χ4n) is 5.43. The first-order valence-electron chi connectivity index (χ1n) is 14.9. The number of carbonyl (C=O) groups is 2. The van der Waals surface area contributed by atoms with Gasteiger partial charge < -0.3 is 24.1 Å². The molecule has 4 aromatic rings. The van der Waals surface area contributed by atoms with E-state index in [0.717, 1.165) is 29.5 Å². The molecule has 1 fully saturated rings. The highest BCUT2D eigenvalue weighted by Crippen LogP contribution is 2.46. The number of nitrogens with zero attached hydrogens (tertiary/aromatic N) is 2. The van der Waals surface area contributed by atoms with E-state index < -0.39 is 17.7 Å². The maximum atomic E-state index is 13.8. The topological polar surface area (TPSA) is 107 Å². The molecule has 6 rings (SSSR count). The number of aryl methyl sites for hydroxylation is 1. The second kappa shape index (κ2) is 12.6. The van der Waals surface area contributed by atoms with Crippen LogP contribution >= 0.6 is 11.3 Å². The fourth-order valence-corrected chi connectivity index (χ4v) is 6.52. The maximum Gasteiger partial charge on any atom is 0.301 e. The lowest BCUT2D eigenvalue weighted by Gasteiger charge is -2.24. The standard InChI is InChI=1S/C34H34N2O7S/c1-4-6-7-14-41-24-12-9-21(18-26(24)40-5-2)30-29(31(37)22-10-13-25-27(19-22)43-16-15-42-25)32(38)33(39)36(30)34-35-23-11-8-20(3)17-28(23)44-34/h8-13,17-19,30,37H,4-7,14-16H2,1-3H3/b31-29+. The molecule has 2 aliphatic heterocycles. The molecule has 2 aliphatic rings. The van der Waals surface area contributed by atoms with Gasteiger partial charge in [0.25, 0.3) is 5.78 Å². The molecule has 0 aliphatic carbocycles. The number of aliphatic hydroxyl groups is 1. The highest BCUT2D eigenvalue weighted by molar-refractivity contribution is 7.22. The van der Waals surface area contributed by atoms with E-state index in [2.05, 4.69) is 6.92 Å². The summed E-state index contributed by atoms with van der Waals surface area (Å²) < 4.78 is 24.2. The largest absolute Gasteiger partial charge is 0.507 e. The normalized spacial score (nSPS) is 17.3. The summed E-state index contributed by atoms with van der Waals surface area (Å²) in [4.78, 5) is 33.7. The highest BCUT2D eigenvalue weighted by atomic mass is 32.1. The van der Waals surface area contributed by atoms with Crippen molar-refractivity contribution in [3.8, 4) is 23.0 Å². The third kappa shape index (κ3) is 5.57. The number of carbonyl (C=O) groups excluding carboxylic acids is 2. The van der Waals surface area contributed by atoms with Crippen LogP contribution in [-0.2, 0) is 9.59 Å². The predicted molar refractivity (Wildman–Crippen MR) is 169 cm³/mol. The van der Waals surface area contributed by atoms with Crippen molar-refractivity contribution in [2.45, 2.75) is 46.1 Å². The molecule has 44 heavy (non-hydrogen) atoms. The monoisotopic (exact) mass is 614 g/mol. The Morgan fingerprint density at radius 2 is 1.80 bits per heavy atom. The van der Waals surface area contributed by atoms with E-state index in [-0.39, 0.29) is 11.3 Å². The second-order valence-corrected chi connectivity index (χ2v) is 11.7. The molecule has 1 atom stereocenters. The number of aliphatic hydroxyl groups excluding tert-OH is 1. The van der Waals surface area contributed by atoms with Crippen molar-refractivity contribution in [1.29, 1.82) is 0 Å². The number of aromatic nitrogens is 1. The summed E-state index contributed by atoms with van der Waals surface area (Å²) in [7, 11) is 0. The van der Waals surface area contributed by atoms with Gasteiger partial charge in [0, 0.05) is 5.56 Å². The molecule has 10 heteroatoms. The van der Waals surface area contributed by atoms with E-state index >= 15 is 0 Å². The summed E-state index contributed by atoms with van der Waals surface area (Å²) in [6, 6.07) is 15.2. The molecule has 0 saturated carbocycles. The molecule has 0 radical (unpaired) electrons. The molecule has 228 valence electrons. The maximum absolute atomic E-state index is 13.8. The Morgan fingerprint density at radius 1 is 0.977 bits per heavy atom. The molecule has 3 aromatic carbocycles. The van der Waals surface area contributed by atoms with Gasteiger partial charge in [-0.1, -0.05) is 43.2 Å².